The molecule has 3 heteroatoms. The number of phenolic OH excluding ortho intramolecular Hbond substituents is 1. The van der Waals surface area contributed by atoms with Crippen LogP contribution >= 0.6 is 12.6 Å². The van der Waals surface area contributed by atoms with Gasteiger partial charge in [0.2, 0.25) is 0 Å². The Balaban J connectivity index is 2.63. The van der Waals surface area contributed by atoms with E-state index in [0.717, 1.165) is 16.0 Å². The Labute approximate surface area is 94.5 Å². The van der Waals surface area contributed by atoms with Crippen molar-refractivity contribution in [2.75, 3.05) is 0 Å². The first-order valence-corrected chi connectivity index (χ1v) is 5.16. The first kappa shape index (κ1) is 10.3. The summed E-state index contributed by atoms with van der Waals surface area (Å²) in [6, 6.07) is 3.53. The Kier molecular flexibility index (Phi) is 2.37. The van der Waals surface area contributed by atoms with Crippen LogP contribution in [0.15, 0.2) is 29.2 Å². The lowest BCUT2D eigenvalue weighted by molar-refractivity contribution is 0.472. The average Bonchev–Trinajstić information content (AvgIpc) is 2.26. The molecule has 1 aromatic rings. The number of phenols is 1. The number of fused-ring (bicyclic) bond motifs is 1. The van der Waals surface area contributed by atoms with Gasteiger partial charge in [-0.05, 0) is 24.6 Å². The van der Waals surface area contributed by atoms with Crippen LogP contribution in [0.2, 0.25) is 0 Å². The van der Waals surface area contributed by atoms with E-state index in [4.69, 9.17) is 5.73 Å². The number of hydrogen-bond donors (Lipinski definition) is 3. The highest BCUT2D eigenvalue weighted by Crippen LogP contribution is 2.30. The molecular formula is C12H13NOS. The van der Waals surface area contributed by atoms with Crippen LogP contribution in [0.1, 0.15) is 18.1 Å². The van der Waals surface area contributed by atoms with Crippen molar-refractivity contribution in [2.24, 2.45) is 5.73 Å². The molecule has 1 aliphatic carbocycles. The van der Waals surface area contributed by atoms with E-state index in [-0.39, 0.29) is 5.75 Å². The van der Waals surface area contributed by atoms with Crippen molar-refractivity contribution in [3.8, 4) is 5.75 Å². The van der Waals surface area contributed by atoms with E-state index >= 15 is 0 Å². The van der Waals surface area contributed by atoms with E-state index in [1.54, 1.807) is 6.07 Å². The molecule has 1 aliphatic rings. The summed E-state index contributed by atoms with van der Waals surface area (Å²) >= 11 is 4.22. The van der Waals surface area contributed by atoms with E-state index in [9.17, 15) is 5.11 Å². The lowest BCUT2D eigenvalue weighted by Crippen LogP contribution is -2.29. The van der Waals surface area contributed by atoms with Gasteiger partial charge in [-0.3, -0.25) is 0 Å². The molecule has 1 unspecified atom stereocenters. The SMILES string of the molecule is CC1(N)C=Cc2cc(S)cc(O)c2C=C1. The number of thiol groups is 1. The van der Waals surface area contributed by atoms with Crippen molar-refractivity contribution in [2.45, 2.75) is 17.4 Å². The van der Waals surface area contributed by atoms with Crippen molar-refractivity contribution in [1.29, 1.82) is 0 Å². The highest BCUT2D eigenvalue weighted by atomic mass is 32.1. The van der Waals surface area contributed by atoms with Gasteiger partial charge in [0.1, 0.15) is 5.75 Å². The van der Waals surface area contributed by atoms with Gasteiger partial charge < -0.3 is 10.8 Å². The Morgan fingerprint density at radius 3 is 2.67 bits per heavy atom. The summed E-state index contributed by atoms with van der Waals surface area (Å²) in [7, 11) is 0. The molecule has 0 saturated carbocycles. The van der Waals surface area contributed by atoms with Crippen LogP contribution in [0, 0.1) is 0 Å². The first-order chi connectivity index (χ1) is 6.98. The molecular weight excluding hydrogens is 206 g/mol. The summed E-state index contributed by atoms with van der Waals surface area (Å²) in [6.07, 6.45) is 7.53. The van der Waals surface area contributed by atoms with Gasteiger partial charge >= 0.3 is 0 Å². The normalized spacial score (nSPS) is 23.7. The van der Waals surface area contributed by atoms with E-state index < -0.39 is 5.54 Å². The van der Waals surface area contributed by atoms with E-state index in [1.165, 1.54) is 0 Å². The zero-order valence-corrected chi connectivity index (χ0v) is 9.33. The van der Waals surface area contributed by atoms with Gasteiger partial charge in [-0.15, -0.1) is 12.6 Å². The van der Waals surface area contributed by atoms with Crippen LogP contribution < -0.4 is 5.73 Å². The molecule has 0 spiro atoms. The zero-order chi connectivity index (χ0) is 11.1. The maximum atomic E-state index is 9.76. The third kappa shape index (κ3) is 2.08. The Hall–Kier alpha value is -1.19. The molecule has 1 atom stereocenters. The largest absolute Gasteiger partial charge is 0.507 e. The molecule has 78 valence electrons. The molecule has 0 fully saturated rings. The fraction of sp³-hybridized carbons (Fsp3) is 0.167. The van der Waals surface area contributed by atoms with E-state index in [2.05, 4.69) is 12.6 Å². The average molecular weight is 219 g/mol. The highest BCUT2D eigenvalue weighted by molar-refractivity contribution is 7.80. The topological polar surface area (TPSA) is 46.2 Å². The summed E-state index contributed by atoms with van der Waals surface area (Å²) in [5, 5.41) is 9.76. The van der Waals surface area contributed by atoms with Gasteiger partial charge in [-0.1, -0.05) is 24.3 Å². The predicted molar refractivity (Wildman–Crippen MR) is 66.0 cm³/mol. The molecule has 3 N–H and O–H groups in total. The summed E-state index contributed by atoms with van der Waals surface area (Å²) in [5.41, 5.74) is 7.23. The Morgan fingerprint density at radius 1 is 1.27 bits per heavy atom. The van der Waals surface area contributed by atoms with E-state index in [1.807, 2.05) is 37.3 Å². The molecule has 2 rings (SSSR count). The number of nitrogens with two attached hydrogens (primary N) is 1. The second-order valence-electron chi connectivity index (χ2n) is 4.00. The molecule has 0 bridgehead atoms. The van der Waals surface area contributed by atoms with Gasteiger partial charge in [0, 0.05) is 10.5 Å². The zero-order valence-electron chi connectivity index (χ0n) is 8.44. The third-order valence-electron chi connectivity index (χ3n) is 2.41. The second kappa shape index (κ2) is 3.43. The maximum absolute atomic E-state index is 9.76. The minimum Gasteiger partial charge on any atom is -0.507 e. The lowest BCUT2D eigenvalue weighted by Gasteiger charge is -2.12. The minimum atomic E-state index is -0.470. The summed E-state index contributed by atoms with van der Waals surface area (Å²) in [6.45, 7) is 1.91. The summed E-state index contributed by atoms with van der Waals surface area (Å²) in [5.74, 6) is 0.233. The molecule has 2 nitrogen and oxygen atoms in total. The van der Waals surface area contributed by atoms with Crippen LogP contribution in [0.25, 0.3) is 12.2 Å². The maximum Gasteiger partial charge on any atom is 0.124 e. The van der Waals surface area contributed by atoms with Gasteiger partial charge in [0.25, 0.3) is 0 Å². The van der Waals surface area contributed by atoms with Gasteiger partial charge in [-0.25, -0.2) is 0 Å². The van der Waals surface area contributed by atoms with Crippen LogP contribution in [0.4, 0.5) is 0 Å². The molecule has 0 amide bonds. The number of benzene rings is 1. The molecule has 1 aromatic carbocycles. The number of rotatable bonds is 0. The van der Waals surface area contributed by atoms with Crippen molar-refractivity contribution < 1.29 is 5.11 Å². The molecule has 0 saturated heterocycles. The molecule has 0 radical (unpaired) electrons. The smallest absolute Gasteiger partial charge is 0.124 e. The molecule has 0 aliphatic heterocycles. The standard InChI is InChI=1S/C12H13NOS/c1-12(13)4-2-8-6-9(15)7-11(14)10(8)3-5-12/h2-7,14-15H,13H2,1H3. The fourth-order valence-corrected chi connectivity index (χ4v) is 1.81. The molecule has 0 heterocycles. The van der Waals surface area contributed by atoms with Crippen LogP contribution in [0.3, 0.4) is 0 Å². The van der Waals surface area contributed by atoms with Crippen LogP contribution in [-0.4, -0.2) is 10.6 Å². The Morgan fingerprint density at radius 2 is 1.93 bits per heavy atom. The van der Waals surface area contributed by atoms with Gasteiger partial charge in [0.05, 0.1) is 5.54 Å². The predicted octanol–water partition coefficient (Wildman–Crippen LogP) is 2.44. The van der Waals surface area contributed by atoms with Crippen LogP contribution in [0.5, 0.6) is 5.75 Å². The van der Waals surface area contributed by atoms with Crippen molar-refractivity contribution in [3.63, 3.8) is 0 Å². The Bertz CT molecular complexity index is 461. The summed E-state index contributed by atoms with van der Waals surface area (Å²) in [4.78, 5) is 0.741. The van der Waals surface area contributed by atoms with Crippen molar-refractivity contribution >= 4 is 24.8 Å². The fourth-order valence-electron chi connectivity index (χ4n) is 1.55. The van der Waals surface area contributed by atoms with Crippen molar-refractivity contribution in [1.82, 2.24) is 0 Å². The number of hydrogen-bond acceptors (Lipinski definition) is 3. The first-order valence-electron chi connectivity index (χ1n) is 4.71. The summed E-state index contributed by atoms with van der Waals surface area (Å²) < 4.78 is 0. The van der Waals surface area contributed by atoms with E-state index in [0.29, 0.717) is 0 Å². The van der Waals surface area contributed by atoms with Gasteiger partial charge in [0.15, 0.2) is 0 Å². The van der Waals surface area contributed by atoms with Crippen LogP contribution in [-0.2, 0) is 0 Å². The third-order valence-corrected chi connectivity index (χ3v) is 2.66. The second-order valence-corrected chi connectivity index (χ2v) is 4.52. The minimum absolute atomic E-state index is 0.233. The van der Waals surface area contributed by atoms with Crippen molar-refractivity contribution in [3.05, 3.63) is 35.4 Å². The quantitative estimate of drug-likeness (QED) is 0.587. The molecule has 0 aromatic heterocycles. The number of aromatic hydroxyl groups is 1. The monoisotopic (exact) mass is 219 g/mol. The molecule has 15 heavy (non-hydrogen) atoms. The highest BCUT2D eigenvalue weighted by Gasteiger charge is 2.14. The lowest BCUT2D eigenvalue weighted by atomic mass is 10.0. The van der Waals surface area contributed by atoms with Gasteiger partial charge in [-0.2, -0.15) is 0 Å².